The number of likely N-dealkylation sites (N-methyl/N-ethyl adjacent to an activating group) is 1. The zero-order valence-electron chi connectivity index (χ0n) is 17.5. The second-order valence-corrected chi connectivity index (χ2v) is 8.01. The maximum absolute atomic E-state index is 13.6. The molecule has 4 rings (SSSR count). The summed E-state index contributed by atoms with van der Waals surface area (Å²) >= 11 is 0. The van der Waals surface area contributed by atoms with Gasteiger partial charge in [-0.3, -0.25) is 19.4 Å². The van der Waals surface area contributed by atoms with E-state index in [1.54, 1.807) is 34.0 Å². The van der Waals surface area contributed by atoms with Crippen molar-refractivity contribution >= 4 is 18.2 Å². The van der Waals surface area contributed by atoms with Crippen molar-refractivity contribution in [1.82, 2.24) is 19.8 Å². The summed E-state index contributed by atoms with van der Waals surface area (Å²) in [4.78, 5) is 41.7. The summed E-state index contributed by atoms with van der Waals surface area (Å²) in [6.07, 6.45) is 0.448. The number of hydrogen-bond donors (Lipinski definition) is 0. The number of amides is 3. The van der Waals surface area contributed by atoms with Crippen LogP contribution in [0.3, 0.4) is 0 Å². The molecule has 0 bridgehead atoms. The normalized spacial score (nSPS) is 23.0. The van der Waals surface area contributed by atoms with Crippen molar-refractivity contribution in [1.29, 1.82) is 0 Å². The van der Waals surface area contributed by atoms with E-state index in [2.05, 4.69) is 0 Å². The van der Waals surface area contributed by atoms with E-state index in [9.17, 15) is 18.8 Å². The number of rotatable bonds is 5. The fourth-order valence-electron chi connectivity index (χ4n) is 4.45. The summed E-state index contributed by atoms with van der Waals surface area (Å²) < 4.78 is 13.4. The second-order valence-electron chi connectivity index (χ2n) is 8.01. The number of carbonyl (C=O) groups excluding carboxylic acids is 3. The van der Waals surface area contributed by atoms with Crippen LogP contribution in [-0.2, 0) is 20.8 Å². The third-order valence-electron chi connectivity index (χ3n) is 6.14. The van der Waals surface area contributed by atoms with Gasteiger partial charge in [0.15, 0.2) is 0 Å². The van der Waals surface area contributed by atoms with Crippen LogP contribution in [0.15, 0.2) is 54.6 Å². The molecule has 2 aliphatic rings. The fourth-order valence-corrected chi connectivity index (χ4v) is 4.45. The minimum Gasteiger partial charge on any atom is -0.330 e. The first-order valence-electron chi connectivity index (χ1n) is 10.3. The molecule has 0 radical (unpaired) electrons. The number of hydrazine groups is 1. The molecule has 8 heteroatoms. The van der Waals surface area contributed by atoms with Gasteiger partial charge >= 0.3 is 0 Å². The van der Waals surface area contributed by atoms with Crippen LogP contribution in [0.2, 0.25) is 0 Å². The summed E-state index contributed by atoms with van der Waals surface area (Å²) in [5.41, 5.74) is 1.72. The van der Waals surface area contributed by atoms with Gasteiger partial charge in [-0.1, -0.05) is 42.5 Å². The summed E-state index contributed by atoms with van der Waals surface area (Å²) in [5.74, 6) is -0.713. The predicted molar refractivity (Wildman–Crippen MR) is 112 cm³/mol. The number of hydrogen-bond acceptors (Lipinski definition) is 4. The van der Waals surface area contributed by atoms with E-state index >= 15 is 0 Å². The molecular formula is C23H25FN4O3. The maximum atomic E-state index is 13.6. The highest BCUT2D eigenvalue weighted by molar-refractivity contribution is 5.91. The van der Waals surface area contributed by atoms with Crippen molar-refractivity contribution in [2.75, 3.05) is 20.1 Å². The molecule has 2 aliphatic heterocycles. The second kappa shape index (κ2) is 8.47. The molecule has 2 unspecified atom stereocenters. The van der Waals surface area contributed by atoms with Crippen LogP contribution in [0, 0.1) is 5.82 Å². The minimum absolute atomic E-state index is 0.0291. The molecule has 3 atom stereocenters. The van der Waals surface area contributed by atoms with Gasteiger partial charge in [0, 0.05) is 13.5 Å². The lowest BCUT2D eigenvalue weighted by Crippen LogP contribution is -2.74. The first kappa shape index (κ1) is 21.0. The Morgan fingerprint density at radius 1 is 1.10 bits per heavy atom. The van der Waals surface area contributed by atoms with Crippen molar-refractivity contribution in [2.45, 2.75) is 31.6 Å². The van der Waals surface area contributed by atoms with Gasteiger partial charge in [-0.15, -0.1) is 0 Å². The smallest absolute Gasteiger partial charge is 0.246 e. The Bertz CT molecular complexity index is 969. The molecule has 0 N–H and O–H groups in total. The third-order valence-corrected chi connectivity index (χ3v) is 6.14. The zero-order chi connectivity index (χ0) is 22.1. The largest absolute Gasteiger partial charge is 0.330 e. The molecule has 162 valence electrons. The van der Waals surface area contributed by atoms with Gasteiger partial charge in [0.05, 0.1) is 19.1 Å². The van der Waals surface area contributed by atoms with E-state index in [0.717, 1.165) is 11.1 Å². The fraction of sp³-hybridized carbons (Fsp3) is 0.348. The molecule has 7 nitrogen and oxygen atoms in total. The number of benzene rings is 2. The Hall–Kier alpha value is -3.26. The topological polar surface area (TPSA) is 64.2 Å². The quantitative estimate of drug-likeness (QED) is 0.687. The minimum atomic E-state index is -0.729. The molecule has 0 aliphatic carbocycles. The van der Waals surface area contributed by atoms with Crippen LogP contribution < -0.4 is 0 Å². The number of piperazine rings is 1. The van der Waals surface area contributed by atoms with Crippen LogP contribution in [-0.4, -0.2) is 70.4 Å². The van der Waals surface area contributed by atoms with E-state index in [4.69, 9.17) is 0 Å². The first-order valence-corrected chi connectivity index (χ1v) is 10.3. The number of nitrogens with zero attached hydrogens (tertiary/aromatic N) is 4. The van der Waals surface area contributed by atoms with Gasteiger partial charge in [-0.25, -0.2) is 9.40 Å². The van der Waals surface area contributed by atoms with Crippen molar-refractivity contribution in [3.63, 3.8) is 0 Å². The Balaban J connectivity index is 1.72. The Morgan fingerprint density at radius 2 is 1.77 bits per heavy atom. The lowest BCUT2D eigenvalue weighted by atomic mass is 9.96. The standard InChI is InChI=1S/C23H25FN4O3/c1-16(18-8-10-19(24)11-9-18)26-13-21-27(15-29)25(2)14-22(30)28(21)20(23(26)31)12-17-6-4-3-5-7-17/h3-11,15-16,20-21H,12-14H2,1-2H3/t16?,20-,21?/m0/s1. The highest BCUT2D eigenvalue weighted by Gasteiger charge is 2.49. The van der Waals surface area contributed by atoms with Crippen LogP contribution in [0.25, 0.3) is 0 Å². The lowest BCUT2D eigenvalue weighted by molar-refractivity contribution is -0.198. The van der Waals surface area contributed by atoms with Gasteiger partial charge in [-0.05, 0) is 30.2 Å². The third kappa shape index (κ3) is 3.90. The highest BCUT2D eigenvalue weighted by Crippen LogP contribution is 2.31. The van der Waals surface area contributed by atoms with Crippen molar-refractivity contribution in [3.8, 4) is 0 Å². The van der Waals surface area contributed by atoms with Crippen LogP contribution in [0.5, 0.6) is 0 Å². The summed E-state index contributed by atoms with van der Waals surface area (Å²) in [7, 11) is 1.68. The number of carbonyl (C=O) groups is 3. The molecule has 3 amide bonds. The molecule has 2 aromatic rings. The average molecular weight is 424 g/mol. The van der Waals surface area contributed by atoms with E-state index in [1.807, 2.05) is 37.3 Å². The van der Waals surface area contributed by atoms with Gasteiger partial charge in [0.25, 0.3) is 0 Å². The SMILES string of the molecule is CC(c1ccc(F)cc1)N1CC2N(C(=O)CN(C)N2C=O)[C@@H](Cc2ccccc2)C1=O. The molecule has 2 heterocycles. The lowest BCUT2D eigenvalue weighted by Gasteiger charge is -2.54. The first-order chi connectivity index (χ1) is 14.9. The molecular weight excluding hydrogens is 399 g/mol. The number of fused-ring (bicyclic) bond motifs is 1. The average Bonchev–Trinajstić information content (AvgIpc) is 2.76. The summed E-state index contributed by atoms with van der Waals surface area (Å²) in [6.45, 7) is 2.08. The Labute approximate surface area is 180 Å². The molecule has 2 saturated heterocycles. The van der Waals surface area contributed by atoms with Gasteiger partial charge in [0.1, 0.15) is 18.0 Å². The summed E-state index contributed by atoms with van der Waals surface area (Å²) in [5, 5.41) is 3.04. The van der Waals surface area contributed by atoms with Gasteiger partial charge in [0.2, 0.25) is 18.2 Å². The van der Waals surface area contributed by atoms with Crippen LogP contribution in [0.4, 0.5) is 4.39 Å². The number of halogens is 1. The summed E-state index contributed by atoms with van der Waals surface area (Å²) in [6, 6.07) is 14.5. The van der Waals surface area contributed by atoms with Crippen LogP contribution >= 0.6 is 0 Å². The van der Waals surface area contributed by atoms with Crippen LogP contribution in [0.1, 0.15) is 24.1 Å². The van der Waals surface area contributed by atoms with Crippen molar-refractivity contribution in [3.05, 3.63) is 71.5 Å². The molecule has 2 aromatic carbocycles. The molecule has 0 saturated carbocycles. The van der Waals surface area contributed by atoms with Crippen molar-refractivity contribution in [2.24, 2.45) is 0 Å². The van der Waals surface area contributed by atoms with E-state index < -0.39 is 12.2 Å². The zero-order valence-corrected chi connectivity index (χ0v) is 17.5. The molecule has 0 aromatic heterocycles. The van der Waals surface area contributed by atoms with E-state index in [-0.39, 0.29) is 36.8 Å². The van der Waals surface area contributed by atoms with Crippen molar-refractivity contribution < 1.29 is 18.8 Å². The van der Waals surface area contributed by atoms with Gasteiger partial charge in [-0.2, -0.15) is 0 Å². The molecule has 2 fully saturated rings. The van der Waals surface area contributed by atoms with Gasteiger partial charge < -0.3 is 9.80 Å². The van der Waals surface area contributed by atoms with E-state index in [1.165, 1.54) is 17.1 Å². The highest BCUT2D eigenvalue weighted by atomic mass is 19.1. The monoisotopic (exact) mass is 424 g/mol. The molecule has 0 spiro atoms. The Kier molecular flexibility index (Phi) is 5.73. The predicted octanol–water partition coefficient (Wildman–Crippen LogP) is 1.81. The maximum Gasteiger partial charge on any atom is 0.246 e. The Morgan fingerprint density at radius 3 is 2.42 bits per heavy atom. The molecule has 31 heavy (non-hydrogen) atoms. The van der Waals surface area contributed by atoms with E-state index in [0.29, 0.717) is 12.8 Å².